The monoisotopic (exact) mass is 356 g/mol. The second kappa shape index (κ2) is 7.82. The van der Waals surface area contributed by atoms with Crippen LogP contribution in [0.1, 0.15) is 0 Å². The Kier molecular flexibility index (Phi) is 5.32. The summed E-state index contributed by atoms with van der Waals surface area (Å²) >= 11 is 0. The standard InChI is InChI=1S/C17H16N4O3S/c22-25(23,15-7-4-10-18-13-15)19-11-12-24-17-9-8-16(20-21-17)14-5-2-1-3-6-14/h1-10,13,19H,11-12H2. The fraction of sp³-hybridized carbons (Fsp3) is 0.118. The third-order valence-electron chi connectivity index (χ3n) is 3.30. The van der Waals surface area contributed by atoms with Crippen molar-refractivity contribution < 1.29 is 13.2 Å². The van der Waals surface area contributed by atoms with Crippen LogP contribution in [0, 0.1) is 0 Å². The maximum atomic E-state index is 12.0. The first-order valence-corrected chi connectivity index (χ1v) is 9.05. The van der Waals surface area contributed by atoms with Crippen LogP contribution < -0.4 is 9.46 Å². The molecule has 1 aromatic carbocycles. The van der Waals surface area contributed by atoms with Gasteiger partial charge in [0.1, 0.15) is 11.5 Å². The molecule has 0 atom stereocenters. The molecular formula is C17H16N4O3S. The van der Waals surface area contributed by atoms with Gasteiger partial charge in [-0.2, -0.15) is 0 Å². The molecule has 3 aromatic rings. The fourth-order valence-electron chi connectivity index (χ4n) is 2.08. The molecule has 2 aromatic heterocycles. The first-order chi connectivity index (χ1) is 12.1. The largest absolute Gasteiger partial charge is 0.475 e. The van der Waals surface area contributed by atoms with Crippen molar-refractivity contribution in [2.45, 2.75) is 4.90 Å². The van der Waals surface area contributed by atoms with E-state index in [0.717, 1.165) is 11.3 Å². The van der Waals surface area contributed by atoms with E-state index in [-0.39, 0.29) is 18.0 Å². The highest BCUT2D eigenvalue weighted by atomic mass is 32.2. The van der Waals surface area contributed by atoms with Crippen molar-refractivity contribution in [2.24, 2.45) is 0 Å². The summed E-state index contributed by atoms with van der Waals surface area (Å²) in [5.74, 6) is 0.334. The second-order valence-electron chi connectivity index (χ2n) is 5.06. The predicted molar refractivity (Wildman–Crippen MR) is 92.4 cm³/mol. The molecule has 8 heteroatoms. The summed E-state index contributed by atoms with van der Waals surface area (Å²) < 4.78 is 31.9. The average Bonchev–Trinajstić information content (AvgIpc) is 2.67. The normalized spacial score (nSPS) is 11.2. The summed E-state index contributed by atoms with van der Waals surface area (Å²) in [6.45, 7) is 0.248. The van der Waals surface area contributed by atoms with E-state index in [9.17, 15) is 8.42 Å². The molecule has 0 bridgehead atoms. The zero-order valence-electron chi connectivity index (χ0n) is 13.2. The molecule has 0 saturated heterocycles. The van der Waals surface area contributed by atoms with Gasteiger partial charge in [-0.25, -0.2) is 13.1 Å². The molecule has 7 nitrogen and oxygen atoms in total. The number of ether oxygens (including phenoxy) is 1. The summed E-state index contributed by atoms with van der Waals surface area (Å²) in [4.78, 5) is 3.90. The molecule has 0 spiro atoms. The van der Waals surface area contributed by atoms with E-state index in [1.807, 2.05) is 30.3 Å². The van der Waals surface area contributed by atoms with Gasteiger partial charge in [-0.15, -0.1) is 10.2 Å². The highest BCUT2D eigenvalue weighted by Gasteiger charge is 2.13. The molecule has 128 valence electrons. The minimum Gasteiger partial charge on any atom is -0.475 e. The van der Waals surface area contributed by atoms with Crippen LogP contribution in [0.15, 0.2) is 71.9 Å². The number of nitrogens with zero attached hydrogens (tertiary/aromatic N) is 3. The third-order valence-corrected chi connectivity index (χ3v) is 4.74. The van der Waals surface area contributed by atoms with Gasteiger partial charge in [-0.1, -0.05) is 30.3 Å². The van der Waals surface area contributed by atoms with Crippen molar-refractivity contribution in [1.82, 2.24) is 19.9 Å². The summed E-state index contributed by atoms with van der Waals surface area (Å²) in [6.07, 6.45) is 2.80. The van der Waals surface area contributed by atoms with Crippen molar-refractivity contribution in [3.05, 3.63) is 67.0 Å². The van der Waals surface area contributed by atoms with Crippen LogP contribution in [0.5, 0.6) is 5.88 Å². The van der Waals surface area contributed by atoms with Crippen LogP contribution in [-0.2, 0) is 10.0 Å². The molecule has 0 radical (unpaired) electrons. The van der Waals surface area contributed by atoms with Crippen molar-refractivity contribution in [3.8, 4) is 17.1 Å². The van der Waals surface area contributed by atoms with E-state index in [4.69, 9.17) is 4.74 Å². The molecule has 0 fully saturated rings. The first kappa shape index (κ1) is 17.0. The number of benzene rings is 1. The van der Waals surface area contributed by atoms with E-state index < -0.39 is 10.0 Å². The third kappa shape index (κ3) is 4.59. The molecule has 0 aliphatic heterocycles. The predicted octanol–water partition coefficient (Wildman–Crippen LogP) is 1.90. The molecule has 3 rings (SSSR count). The van der Waals surface area contributed by atoms with Crippen LogP contribution in [0.4, 0.5) is 0 Å². The Morgan fingerprint density at radius 1 is 0.960 bits per heavy atom. The van der Waals surface area contributed by atoms with Gasteiger partial charge in [0.05, 0.1) is 5.69 Å². The lowest BCUT2D eigenvalue weighted by molar-refractivity contribution is 0.307. The number of hydrogen-bond acceptors (Lipinski definition) is 6. The number of sulfonamides is 1. The maximum absolute atomic E-state index is 12.0. The van der Waals surface area contributed by atoms with Gasteiger partial charge in [-0.05, 0) is 18.2 Å². The Hall–Kier alpha value is -2.84. The van der Waals surface area contributed by atoms with Crippen LogP contribution in [0.3, 0.4) is 0 Å². The summed E-state index contributed by atoms with van der Waals surface area (Å²) in [6, 6.07) is 16.2. The molecule has 0 aliphatic rings. The molecule has 1 N–H and O–H groups in total. The summed E-state index contributed by atoms with van der Waals surface area (Å²) in [7, 11) is -3.59. The SMILES string of the molecule is O=S(=O)(NCCOc1ccc(-c2ccccc2)nn1)c1cccnc1. The molecule has 2 heterocycles. The van der Waals surface area contributed by atoms with E-state index in [1.54, 1.807) is 18.2 Å². The highest BCUT2D eigenvalue weighted by molar-refractivity contribution is 7.89. The molecule has 0 aliphatic carbocycles. The quantitative estimate of drug-likeness (QED) is 0.650. The lowest BCUT2D eigenvalue weighted by atomic mass is 10.1. The van der Waals surface area contributed by atoms with Crippen molar-refractivity contribution in [1.29, 1.82) is 0 Å². The van der Waals surface area contributed by atoms with Crippen LogP contribution in [-0.4, -0.2) is 36.8 Å². The molecule has 0 amide bonds. The van der Waals surface area contributed by atoms with E-state index >= 15 is 0 Å². The number of rotatable bonds is 7. The molecule has 0 saturated carbocycles. The molecule has 0 unspecified atom stereocenters. The summed E-state index contributed by atoms with van der Waals surface area (Å²) in [5.41, 5.74) is 1.70. The first-order valence-electron chi connectivity index (χ1n) is 7.57. The molecule has 25 heavy (non-hydrogen) atoms. The van der Waals surface area contributed by atoms with Gasteiger partial charge in [0.25, 0.3) is 0 Å². The van der Waals surface area contributed by atoms with E-state index in [2.05, 4.69) is 19.9 Å². The Labute approximate surface area is 145 Å². The van der Waals surface area contributed by atoms with Crippen LogP contribution >= 0.6 is 0 Å². The number of aromatic nitrogens is 3. The van der Waals surface area contributed by atoms with Gasteiger partial charge in [0.15, 0.2) is 0 Å². The average molecular weight is 356 g/mol. The fourth-order valence-corrected chi connectivity index (χ4v) is 3.06. The number of pyridine rings is 1. The van der Waals surface area contributed by atoms with Gasteiger partial charge in [-0.3, -0.25) is 4.98 Å². The van der Waals surface area contributed by atoms with E-state index in [1.165, 1.54) is 18.5 Å². The Bertz CT molecular complexity index is 902. The van der Waals surface area contributed by atoms with Gasteiger partial charge in [0, 0.05) is 30.6 Å². The maximum Gasteiger partial charge on any atom is 0.242 e. The topological polar surface area (TPSA) is 94.1 Å². The molecular weight excluding hydrogens is 340 g/mol. The van der Waals surface area contributed by atoms with Crippen molar-refractivity contribution in [3.63, 3.8) is 0 Å². The Morgan fingerprint density at radius 3 is 2.48 bits per heavy atom. The lowest BCUT2D eigenvalue weighted by Crippen LogP contribution is -2.28. The van der Waals surface area contributed by atoms with Crippen LogP contribution in [0.2, 0.25) is 0 Å². The van der Waals surface area contributed by atoms with Crippen molar-refractivity contribution >= 4 is 10.0 Å². The smallest absolute Gasteiger partial charge is 0.242 e. The van der Waals surface area contributed by atoms with Gasteiger partial charge in [0.2, 0.25) is 15.9 Å². The van der Waals surface area contributed by atoms with Gasteiger partial charge >= 0.3 is 0 Å². The number of nitrogens with one attached hydrogen (secondary N) is 1. The zero-order chi connectivity index (χ0) is 17.5. The Morgan fingerprint density at radius 2 is 1.80 bits per heavy atom. The minimum atomic E-state index is -3.59. The van der Waals surface area contributed by atoms with Gasteiger partial charge < -0.3 is 4.74 Å². The van der Waals surface area contributed by atoms with Crippen molar-refractivity contribution in [2.75, 3.05) is 13.2 Å². The second-order valence-corrected chi connectivity index (χ2v) is 6.82. The minimum absolute atomic E-state index is 0.110. The van der Waals surface area contributed by atoms with Crippen LogP contribution in [0.25, 0.3) is 11.3 Å². The lowest BCUT2D eigenvalue weighted by Gasteiger charge is -2.08. The summed E-state index contributed by atoms with van der Waals surface area (Å²) in [5, 5.41) is 8.09. The highest BCUT2D eigenvalue weighted by Crippen LogP contribution is 2.16. The van der Waals surface area contributed by atoms with E-state index in [0.29, 0.717) is 5.88 Å². The Balaban J connectivity index is 1.51. The zero-order valence-corrected chi connectivity index (χ0v) is 14.1. The number of hydrogen-bond donors (Lipinski definition) is 1.